The van der Waals surface area contributed by atoms with Crippen LogP contribution in [0.2, 0.25) is 0 Å². The molecule has 0 heterocycles. The molecule has 17 heavy (non-hydrogen) atoms. The average Bonchev–Trinajstić information content (AvgIpc) is 2.15. The third-order valence-electron chi connectivity index (χ3n) is 2.01. The molecular formula is C13H16O4. The molecule has 1 aromatic carbocycles. The second kappa shape index (κ2) is 4.99. The maximum atomic E-state index is 11.5. The highest BCUT2D eigenvalue weighted by molar-refractivity contribution is 5.87. The van der Waals surface area contributed by atoms with Crippen molar-refractivity contribution < 1.29 is 19.4 Å². The maximum absolute atomic E-state index is 11.5. The zero-order valence-corrected chi connectivity index (χ0v) is 10.2. The Morgan fingerprint density at radius 3 is 2.12 bits per heavy atom. The fourth-order valence-electron chi connectivity index (χ4n) is 1.27. The summed E-state index contributed by atoms with van der Waals surface area (Å²) in [5.41, 5.74) is 0.0403. The van der Waals surface area contributed by atoms with Crippen molar-refractivity contribution in [3.8, 4) is 5.75 Å². The summed E-state index contributed by atoms with van der Waals surface area (Å²) < 4.78 is 5.09. The van der Waals surface area contributed by atoms with Crippen molar-refractivity contribution in [2.75, 3.05) is 0 Å². The van der Waals surface area contributed by atoms with Crippen LogP contribution in [-0.4, -0.2) is 17.0 Å². The van der Waals surface area contributed by atoms with Crippen LogP contribution in [-0.2, 0) is 4.79 Å². The Bertz CT molecular complexity index is 412. The first kappa shape index (κ1) is 13.2. The lowest BCUT2D eigenvalue weighted by Crippen LogP contribution is -2.17. The van der Waals surface area contributed by atoms with Gasteiger partial charge in [0.1, 0.15) is 5.75 Å². The molecule has 0 saturated carbocycles. The van der Waals surface area contributed by atoms with E-state index in [1.807, 2.05) is 20.8 Å². The van der Waals surface area contributed by atoms with Crippen LogP contribution < -0.4 is 4.74 Å². The number of carbonyl (C=O) groups excluding carboxylic acids is 1. The van der Waals surface area contributed by atoms with Crippen LogP contribution in [0, 0.1) is 5.41 Å². The Balaban J connectivity index is 2.64. The van der Waals surface area contributed by atoms with E-state index < -0.39 is 5.97 Å². The molecule has 0 spiro atoms. The summed E-state index contributed by atoms with van der Waals surface area (Å²) in [6.07, 6.45) is 0.313. The number of benzene rings is 1. The Morgan fingerprint density at radius 2 is 1.71 bits per heavy atom. The van der Waals surface area contributed by atoms with E-state index in [2.05, 4.69) is 0 Å². The quantitative estimate of drug-likeness (QED) is 0.647. The van der Waals surface area contributed by atoms with E-state index in [4.69, 9.17) is 9.84 Å². The molecule has 0 aliphatic carbocycles. The summed E-state index contributed by atoms with van der Waals surface area (Å²) in [5, 5.41) is 8.70. The van der Waals surface area contributed by atoms with Crippen molar-refractivity contribution in [1.29, 1.82) is 0 Å². The highest BCUT2D eigenvalue weighted by Crippen LogP contribution is 2.20. The molecule has 0 unspecified atom stereocenters. The van der Waals surface area contributed by atoms with Gasteiger partial charge in [0.15, 0.2) is 0 Å². The Hall–Kier alpha value is -1.84. The number of carboxylic acids is 1. The number of hydrogen-bond donors (Lipinski definition) is 1. The topological polar surface area (TPSA) is 63.6 Å². The van der Waals surface area contributed by atoms with Gasteiger partial charge in [-0.3, -0.25) is 4.79 Å². The van der Waals surface area contributed by atoms with Gasteiger partial charge in [-0.05, 0) is 29.7 Å². The fraction of sp³-hybridized carbons (Fsp3) is 0.385. The second-order valence-electron chi connectivity index (χ2n) is 5.04. The van der Waals surface area contributed by atoms with Crippen LogP contribution in [0.3, 0.4) is 0 Å². The molecule has 0 saturated heterocycles. The number of rotatable bonds is 3. The summed E-state index contributed by atoms with van der Waals surface area (Å²) >= 11 is 0. The van der Waals surface area contributed by atoms with Crippen molar-refractivity contribution in [2.24, 2.45) is 5.41 Å². The molecule has 1 N–H and O–H groups in total. The maximum Gasteiger partial charge on any atom is 0.335 e. The van der Waals surface area contributed by atoms with E-state index in [0.29, 0.717) is 12.2 Å². The second-order valence-corrected chi connectivity index (χ2v) is 5.04. The van der Waals surface area contributed by atoms with Gasteiger partial charge in [0.25, 0.3) is 0 Å². The van der Waals surface area contributed by atoms with Gasteiger partial charge in [0.2, 0.25) is 0 Å². The lowest BCUT2D eigenvalue weighted by Gasteiger charge is -2.16. The van der Waals surface area contributed by atoms with E-state index >= 15 is 0 Å². The lowest BCUT2D eigenvalue weighted by atomic mass is 9.92. The van der Waals surface area contributed by atoms with Gasteiger partial charge in [-0.1, -0.05) is 20.8 Å². The predicted molar refractivity (Wildman–Crippen MR) is 63.1 cm³/mol. The molecule has 0 amide bonds. The van der Waals surface area contributed by atoms with Crippen molar-refractivity contribution in [3.05, 3.63) is 29.8 Å². The molecule has 0 atom stereocenters. The predicted octanol–water partition coefficient (Wildman–Crippen LogP) is 2.73. The van der Waals surface area contributed by atoms with Crippen LogP contribution in [0.15, 0.2) is 24.3 Å². The molecule has 0 fully saturated rings. The first-order valence-electron chi connectivity index (χ1n) is 5.32. The van der Waals surface area contributed by atoms with E-state index in [1.54, 1.807) is 0 Å². The third kappa shape index (κ3) is 4.68. The van der Waals surface area contributed by atoms with Gasteiger partial charge >= 0.3 is 11.9 Å². The minimum atomic E-state index is -1.00. The summed E-state index contributed by atoms with van der Waals surface area (Å²) in [4.78, 5) is 22.1. The Morgan fingerprint density at radius 1 is 1.18 bits per heavy atom. The van der Waals surface area contributed by atoms with Gasteiger partial charge in [0, 0.05) is 0 Å². The van der Waals surface area contributed by atoms with Crippen molar-refractivity contribution in [1.82, 2.24) is 0 Å². The van der Waals surface area contributed by atoms with Crippen LogP contribution >= 0.6 is 0 Å². The Kier molecular flexibility index (Phi) is 3.89. The first-order chi connectivity index (χ1) is 7.78. The van der Waals surface area contributed by atoms with Crippen molar-refractivity contribution >= 4 is 11.9 Å². The molecule has 4 heteroatoms. The zero-order chi connectivity index (χ0) is 13.1. The number of hydrogen-bond acceptors (Lipinski definition) is 3. The number of carboxylic acid groups (broad SMARTS) is 1. The highest BCUT2D eigenvalue weighted by atomic mass is 16.5. The van der Waals surface area contributed by atoms with Gasteiger partial charge in [-0.25, -0.2) is 4.79 Å². The molecule has 0 bridgehead atoms. The molecule has 0 aliphatic heterocycles. The highest BCUT2D eigenvalue weighted by Gasteiger charge is 2.17. The number of aromatic carboxylic acids is 1. The smallest absolute Gasteiger partial charge is 0.335 e. The van der Waals surface area contributed by atoms with Gasteiger partial charge < -0.3 is 9.84 Å². The molecule has 92 valence electrons. The van der Waals surface area contributed by atoms with E-state index in [0.717, 1.165) is 0 Å². The van der Waals surface area contributed by atoms with E-state index in [9.17, 15) is 9.59 Å². The first-order valence-corrected chi connectivity index (χ1v) is 5.32. The van der Waals surface area contributed by atoms with Gasteiger partial charge in [0.05, 0.1) is 12.0 Å². The minimum absolute atomic E-state index is 0.127. The summed E-state index contributed by atoms with van der Waals surface area (Å²) in [5.74, 6) is -0.956. The molecule has 0 radical (unpaired) electrons. The normalized spacial score (nSPS) is 11.0. The summed E-state index contributed by atoms with van der Waals surface area (Å²) in [6, 6.07) is 5.76. The van der Waals surface area contributed by atoms with E-state index in [-0.39, 0.29) is 16.9 Å². The molecule has 1 rings (SSSR count). The van der Waals surface area contributed by atoms with Crippen LogP contribution in [0.4, 0.5) is 0 Å². The minimum Gasteiger partial charge on any atom is -0.478 e. The van der Waals surface area contributed by atoms with Gasteiger partial charge in [-0.2, -0.15) is 0 Å². The van der Waals surface area contributed by atoms with Crippen LogP contribution in [0.1, 0.15) is 37.6 Å². The molecule has 0 aliphatic rings. The number of carbonyl (C=O) groups is 2. The van der Waals surface area contributed by atoms with E-state index in [1.165, 1.54) is 24.3 Å². The zero-order valence-electron chi connectivity index (χ0n) is 10.2. The van der Waals surface area contributed by atoms with Crippen molar-refractivity contribution in [2.45, 2.75) is 27.2 Å². The van der Waals surface area contributed by atoms with Crippen LogP contribution in [0.25, 0.3) is 0 Å². The summed E-state index contributed by atoms with van der Waals surface area (Å²) in [7, 11) is 0. The molecular weight excluding hydrogens is 220 g/mol. The number of esters is 1. The SMILES string of the molecule is CC(C)(C)CC(=O)Oc1ccc(C(=O)O)cc1. The lowest BCUT2D eigenvalue weighted by molar-refractivity contribution is -0.136. The molecule has 1 aromatic rings. The van der Waals surface area contributed by atoms with Crippen molar-refractivity contribution in [3.63, 3.8) is 0 Å². The van der Waals surface area contributed by atoms with Crippen LogP contribution in [0.5, 0.6) is 5.75 Å². The monoisotopic (exact) mass is 236 g/mol. The van der Waals surface area contributed by atoms with Gasteiger partial charge in [-0.15, -0.1) is 0 Å². The fourth-order valence-corrected chi connectivity index (χ4v) is 1.27. The third-order valence-corrected chi connectivity index (χ3v) is 2.01. The standard InChI is InChI=1S/C13H16O4/c1-13(2,3)8-11(14)17-10-6-4-9(5-7-10)12(15)16/h4-7H,8H2,1-3H3,(H,15,16). The molecule has 0 aromatic heterocycles. The molecule has 4 nitrogen and oxygen atoms in total. The average molecular weight is 236 g/mol. The largest absolute Gasteiger partial charge is 0.478 e. The summed E-state index contributed by atoms with van der Waals surface area (Å²) in [6.45, 7) is 5.84. The number of ether oxygens (including phenoxy) is 1. The Labute approximate surface area is 100 Å².